The van der Waals surface area contributed by atoms with Gasteiger partial charge in [0.2, 0.25) is 0 Å². The molecule has 188 valence electrons. The molecule has 7 nitrogen and oxygen atoms in total. The molecule has 0 aliphatic heterocycles. The summed E-state index contributed by atoms with van der Waals surface area (Å²) in [6, 6.07) is 22.7. The molecule has 1 aromatic heterocycles. The van der Waals surface area contributed by atoms with E-state index in [-0.39, 0.29) is 24.4 Å². The normalized spacial score (nSPS) is 13.4. The van der Waals surface area contributed by atoms with Crippen LogP contribution in [0.4, 0.5) is 4.79 Å². The molecule has 1 aliphatic carbocycles. The lowest BCUT2D eigenvalue weighted by atomic mass is 9.91. The first-order valence-corrected chi connectivity index (χ1v) is 12.4. The zero-order chi connectivity index (χ0) is 25.6. The molecule has 0 saturated carbocycles. The van der Waals surface area contributed by atoms with Crippen molar-refractivity contribution in [3.63, 3.8) is 0 Å². The van der Waals surface area contributed by atoms with E-state index in [1.54, 1.807) is 12.1 Å². The molecule has 3 aromatic carbocycles. The number of hydrogen-bond acceptors (Lipinski definition) is 6. The quantitative estimate of drug-likeness (QED) is 0.217. The van der Waals surface area contributed by atoms with Crippen LogP contribution in [0, 0.1) is 0 Å². The molecule has 4 aromatic rings. The van der Waals surface area contributed by atoms with Gasteiger partial charge in [-0.3, -0.25) is 0 Å². The number of benzene rings is 3. The predicted molar refractivity (Wildman–Crippen MR) is 138 cm³/mol. The summed E-state index contributed by atoms with van der Waals surface area (Å²) < 4.78 is 16.5. The lowest BCUT2D eigenvalue weighted by Gasteiger charge is -2.18. The van der Waals surface area contributed by atoms with Gasteiger partial charge in [-0.1, -0.05) is 60.7 Å². The van der Waals surface area contributed by atoms with E-state index >= 15 is 0 Å². The first kappa shape index (κ1) is 24.3. The monoisotopic (exact) mass is 497 g/mol. The lowest BCUT2D eigenvalue weighted by Crippen LogP contribution is -2.44. The molecule has 1 heterocycles. The summed E-state index contributed by atoms with van der Waals surface area (Å²) in [5.41, 5.74) is 3.48. The smallest absolute Gasteiger partial charge is 0.408 e. The number of esters is 1. The molecule has 0 spiro atoms. The van der Waals surface area contributed by atoms with Gasteiger partial charge in [-0.15, -0.1) is 0 Å². The second-order valence-corrected chi connectivity index (χ2v) is 9.08. The van der Waals surface area contributed by atoms with Gasteiger partial charge in [0.05, 0.1) is 0 Å². The fraction of sp³-hybridized carbons (Fsp3) is 0.233. The fourth-order valence-corrected chi connectivity index (χ4v) is 4.63. The molecule has 1 aliphatic rings. The molecule has 1 N–H and O–H groups in total. The van der Waals surface area contributed by atoms with Crippen molar-refractivity contribution >= 4 is 23.0 Å². The Morgan fingerprint density at radius 2 is 1.54 bits per heavy atom. The number of nitrogens with one attached hydrogen (secondary N) is 1. The summed E-state index contributed by atoms with van der Waals surface area (Å²) in [6.07, 6.45) is 3.04. The molecule has 1 atom stereocenters. The Labute approximate surface area is 214 Å². The zero-order valence-corrected chi connectivity index (χ0v) is 20.3. The molecular formula is C30H27NO6. The minimum Gasteiger partial charge on any atom is -0.445 e. The standard InChI is InChI=1S/C30H27NO6/c32-28-25-14-8-7-13-23(25)24-16-15-22(18-27(24)37-28)36-29(33)26(17-20-9-3-1-4-10-20)31-30(34)35-19-21-11-5-2-6-12-21/h1-6,9-12,15-16,18,26H,7-8,13-14,17,19H2,(H,31,34)/t26-/m1/s1. The van der Waals surface area contributed by atoms with Gasteiger partial charge in [0, 0.05) is 23.4 Å². The highest BCUT2D eigenvalue weighted by atomic mass is 16.6. The first-order valence-electron chi connectivity index (χ1n) is 12.4. The van der Waals surface area contributed by atoms with Gasteiger partial charge in [-0.25, -0.2) is 14.4 Å². The number of carbonyl (C=O) groups excluding carboxylic acids is 2. The third-order valence-electron chi connectivity index (χ3n) is 6.49. The van der Waals surface area contributed by atoms with E-state index in [2.05, 4.69) is 5.32 Å². The maximum absolute atomic E-state index is 13.2. The van der Waals surface area contributed by atoms with Crippen LogP contribution in [-0.4, -0.2) is 18.1 Å². The molecular weight excluding hydrogens is 470 g/mol. The topological polar surface area (TPSA) is 94.8 Å². The van der Waals surface area contributed by atoms with Gasteiger partial charge < -0.3 is 19.2 Å². The third kappa shape index (κ3) is 5.89. The fourth-order valence-electron chi connectivity index (χ4n) is 4.63. The van der Waals surface area contributed by atoms with Gasteiger partial charge >= 0.3 is 17.7 Å². The Morgan fingerprint density at radius 3 is 2.27 bits per heavy atom. The molecule has 0 fully saturated rings. The van der Waals surface area contributed by atoms with Crippen molar-refractivity contribution in [1.29, 1.82) is 0 Å². The van der Waals surface area contributed by atoms with Crippen molar-refractivity contribution < 1.29 is 23.5 Å². The van der Waals surface area contributed by atoms with E-state index in [0.717, 1.165) is 53.3 Å². The van der Waals surface area contributed by atoms with Crippen molar-refractivity contribution in [2.75, 3.05) is 0 Å². The number of rotatable bonds is 7. The molecule has 1 amide bonds. The van der Waals surface area contributed by atoms with Gasteiger partial charge in [0.25, 0.3) is 0 Å². The van der Waals surface area contributed by atoms with Crippen LogP contribution >= 0.6 is 0 Å². The van der Waals surface area contributed by atoms with Crippen LogP contribution in [-0.2, 0) is 35.4 Å². The average molecular weight is 498 g/mol. The minimum atomic E-state index is -0.989. The Bertz CT molecular complexity index is 1460. The molecule has 37 heavy (non-hydrogen) atoms. The second kappa shape index (κ2) is 11.1. The largest absolute Gasteiger partial charge is 0.445 e. The van der Waals surface area contributed by atoms with Crippen LogP contribution in [0.5, 0.6) is 5.75 Å². The number of carbonyl (C=O) groups is 2. The van der Waals surface area contributed by atoms with Crippen LogP contribution in [0.1, 0.15) is 35.1 Å². The summed E-state index contributed by atoms with van der Waals surface area (Å²) in [4.78, 5) is 38.2. The summed E-state index contributed by atoms with van der Waals surface area (Å²) in [5.74, 6) is -0.422. The van der Waals surface area contributed by atoms with Crippen molar-refractivity contribution in [1.82, 2.24) is 5.32 Å². The Balaban J connectivity index is 1.33. The first-order chi connectivity index (χ1) is 18.1. The third-order valence-corrected chi connectivity index (χ3v) is 6.49. The van der Waals surface area contributed by atoms with Crippen LogP contribution in [0.2, 0.25) is 0 Å². The van der Waals surface area contributed by atoms with Crippen LogP contribution in [0.25, 0.3) is 11.0 Å². The van der Waals surface area contributed by atoms with Crippen LogP contribution in [0.3, 0.4) is 0 Å². The SMILES string of the molecule is O=C(N[C@H](Cc1ccccc1)C(=O)Oc1ccc2c3c(c(=O)oc2c1)CCCC3)OCc1ccccc1. The van der Waals surface area contributed by atoms with Crippen molar-refractivity contribution in [2.45, 2.75) is 44.8 Å². The van der Waals surface area contributed by atoms with Gasteiger partial charge in [-0.05, 0) is 54.5 Å². The van der Waals surface area contributed by atoms with Crippen LogP contribution < -0.4 is 15.7 Å². The summed E-state index contributed by atoms with van der Waals surface area (Å²) in [6.45, 7) is 0.0772. The van der Waals surface area contributed by atoms with Crippen LogP contribution in [0.15, 0.2) is 88.1 Å². The van der Waals surface area contributed by atoms with Crippen molar-refractivity contribution in [3.8, 4) is 5.75 Å². The van der Waals surface area contributed by atoms with Crippen molar-refractivity contribution in [2.24, 2.45) is 0 Å². The van der Waals surface area contributed by atoms with Gasteiger partial charge in [0.1, 0.15) is 24.0 Å². The van der Waals surface area contributed by atoms with E-state index in [1.807, 2.05) is 66.7 Å². The Morgan fingerprint density at radius 1 is 0.865 bits per heavy atom. The number of alkyl carbamates (subject to hydrolysis) is 1. The van der Waals surface area contributed by atoms with Gasteiger partial charge in [0.15, 0.2) is 0 Å². The number of ether oxygens (including phenoxy) is 2. The molecule has 0 saturated heterocycles. The number of aryl methyl sites for hydroxylation is 1. The summed E-state index contributed by atoms with van der Waals surface area (Å²) in [7, 11) is 0. The van der Waals surface area contributed by atoms with Gasteiger partial charge in [-0.2, -0.15) is 0 Å². The zero-order valence-electron chi connectivity index (χ0n) is 20.3. The average Bonchev–Trinajstić information content (AvgIpc) is 2.93. The molecule has 0 unspecified atom stereocenters. The highest BCUT2D eigenvalue weighted by Crippen LogP contribution is 2.29. The number of fused-ring (bicyclic) bond motifs is 3. The molecule has 0 radical (unpaired) electrons. The maximum Gasteiger partial charge on any atom is 0.408 e. The maximum atomic E-state index is 13.2. The number of amides is 1. The second-order valence-electron chi connectivity index (χ2n) is 9.08. The molecule has 7 heteroatoms. The minimum absolute atomic E-state index is 0.0772. The molecule has 0 bridgehead atoms. The Hall–Kier alpha value is -4.39. The van der Waals surface area contributed by atoms with E-state index in [0.29, 0.717) is 5.58 Å². The summed E-state index contributed by atoms with van der Waals surface area (Å²) in [5, 5.41) is 3.49. The van der Waals surface area contributed by atoms with E-state index < -0.39 is 18.1 Å². The highest BCUT2D eigenvalue weighted by molar-refractivity contribution is 5.86. The number of hydrogen-bond donors (Lipinski definition) is 1. The van der Waals surface area contributed by atoms with E-state index in [4.69, 9.17) is 13.9 Å². The summed E-state index contributed by atoms with van der Waals surface area (Å²) >= 11 is 0. The highest BCUT2D eigenvalue weighted by Gasteiger charge is 2.25. The van der Waals surface area contributed by atoms with E-state index in [1.165, 1.54) is 0 Å². The van der Waals surface area contributed by atoms with E-state index in [9.17, 15) is 14.4 Å². The Kier molecular flexibility index (Phi) is 7.31. The molecule has 5 rings (SSSR count). The predicted octanol–water partition coefficient (Wildman–Crippen LogP) is 5.11. The van der Waals surface area contributed by atoms with Crippen molar-refractivity contribution in [3.05, 3.63) is 112 Å². The lowest BCUT2D eigenvalue weighted by molar-refractivity contribution is -0.136.